The van der Waals surface area contributed by atoms with Crippen LogP contribution >= 0.6 is 0 Å². The number of sulfone groups is 1. The van der Waals surface area contributed by atoms with E-state index in [4.69, 9.17) is 0 Å². The maximum Gasteiger partial charge on any atom is 0.254 e. The van der Waals surface area contributed by atoms with Gasteiger partial charge in [-0.05, 0) is 83.2 Å². The van der Waals surface area contributed by atoms with Gasteiger partial charge in [0.15, 0.2) is 9.84 Å². The van der Waals surface area contributed by atoms with Gasteiger partial charge in [-0.2, -0.15) is 0 Å². The first-order chi connectivity index (χ1) is 14.0. The van der Waals surface area contributed by atoms with E-state index in [0.717, 1.165) is 24.0 Å². The number of hydrogen-bond acceptors (Lipinski definition) is 3. The third-order valence-electron chi connectivity index (χ3n) is 5.36. The van der Waals surface area contributed by atoms with Crippen molar-refractivity contribution >= 4 is 15.7 Å². The molecule has 0 N–H and O–H groups in total. The number of aryl methyl sites for hydroxylation is 2. The summed E-state index contributed by atoms with van der Waals surface area (Å²) in [6.07, 6.45) is 1.74. The van der Waals surface area contributed by atoms with E-state index in [2.05, 4.69) is 0 Å². The highest BCUT2D eigenvalue weighted by atomic mass is 32.2. The van der Waals surface area contributed by atoms with Crippen LogP contribution in [0.1, 0.15) is 68.6 Å². The molecule has 0 saturated carbocycles. The molecule has 0 aliphatic heterocycles. The molecule has 0 atom stereocenters. The highest BCUT2D eigenvalue weighted by molar-refractivity contribution is 7.91. The van der Waals surface area contributed by atoms with E-state index in [0.29, 0.717) is 0 Å². The summed E-state index contributed by atoms with van der Waals surface area (Å²) in [5.41, 5.74) is 3.90. The first-order valence-corrected chi connectivity index (χ1v) is 12.4. The molecule has 2 aromatic carbocycles. The number of carbonyl (C=O) groups is 1. The summed E-state index contributed by atoms with van der Waals surface area (Å²) < 4.78 is 24.1. The molecule has 30 heavy (non-hydrogen) atoms. The average Bonchev–Trinajstić information content (AvgIpc) is 2.67. The fraction of sp³-hybridized carbons (Fsp3) is 0.480. The molecule has 0 bridgehead atoms. The highest BCUT2D eigenvalue weighted by Crippen LogP contribution is 2.16. The number of carbonyl (C=O) groups excluding carboxylic acids is 1. The lowest BCUT2D eigenvalue weighted by atomic mass is 10.0. The molecule has 0 aliphatic carbocycles. The van der Waals surface area contributed by atoms with Crippen molar-refractivity contribution in [3.63, 3.8) is 0 Å². The maximum atomic E-state index is 12.8. The van der Waals surface area contributed by atoms with Crippen molar-refractivity contribution in [1.29, 1.82) is 0 Å². The van der Waals surface area contributed by atoms with Gasteiger partial charge in [0.05, 0.1) is 11.0 Å². The van der Waals surface area contributed by atoms with Crippen molar-refractivity contribution in [1.82, 2.24) is 4.90 Å². The first-order valence-electron chi connectivity index (χ1n) is 10.7. The Morgan fingerprint density at radius 3 is 1.53 bits per heavy atom. The fourth-order valence-corrected chi connectivity index (χ4v) is 4.51. The van der Waals surface area contributed by atoms with Gasteiger partial charge >= 0.3 is 0 Å². The molecule has 0 radical (unpaired) electrons. The van der Waals surface area contributed by atoms with E-state index in [-0.39, 0.29) is 29.0 Å². The minimum absolute atomic E-state index is 0.0680. The summed E-state index contributed by atoms with van der Waals surface area (Å²) in [7, 11) is -3.08. The summed E-state index contributed by atoms with van der Waals surface area (Å²) in [4.78, 5) is 14.7. The van der Waals surface area contributed by atoms with Crippen molar-refractivity contribution in [3.05, 3.63) is 70.8 Å². The lowest BCUT2D eigenvalue weighted by Gasteiger charge is -2.30. The largest absolute Gasteiger partial charge is 0.334 e. The van der Waals surface area contributed by atoms with Crippen LogP contribution in [0.2, 0.25) is 0 Å². The first kappa shape index (κ1) is 24.1. The molecule has 0 saturated heterocycles. The minimum atomic E-state index is -3.08. The molecule has 0 aliphatic rings. The minimum Gasteiger partial charge on any atom is -0.334 e. The molecular formula is C25H35NO3S. The zero-order valence-electron chi connectivity index (χ0n) is 19.1. The van der Waals surface area contributed by atoms with Crippen molar-refractivity contribution in [2.24, 2.45) is 0 Å². The van der Waals surface area contributed by atoms with Gasteiger partial charge in [0, 0.05) is 17.6 Å². The quantitative estimate of drug-likeness (QED) is 0.560. The van der Waals surface area contributed by atoms with Gasteiger partial charge in [-0.15, -0.1) is 0 Å². The Kier molecular flexibility index (Phi) is 8.25. The summed E-state index contributed by atoms with van der Waals surface area (Å²) >= 11 is 0. The zero-order chi connectivity index (χ0) is 22.5. The van der Waals surface area contributed by atoms with E-state index in [1.54, 1.807) is 13.8 Å². The van der Waals surface area contributed by atoms with E-state index in [9.17, 15) is 13.2 Å². The Morgan fingerprint density at radius 2 is 1.13 bits per heavy atom. The Labute approximate surface area is 182 Å². The van der Waals surface area contributed by atoms with Crippen molar-refractivity contribution in [2.75, 3.05) is 0 Å². The number of nitrogens with zero attached hydrogens (tertiary/aromatic N) is 1. The Bertz CT molecular complexity index is 919. The predicted octanol–water partition coefficient (Wildman–Crippen LogP) is 5.05. The molecule has 2 aromatic rings. The van der Waals surface area contributed by atoms with Crippen LogP contribution < -0.4 is 0 Å². The summed E-state index contributed by atoms with van der Waals surface area (Å²) in [6, 6.07) is 16.0. The second-order valence-electron chi connectivity index (χ2n) is 8.77. The van der Waals surface area contributed by atoms with Crippen LogP contribution in [-0.4, -0.2) is 36.6 Å². The Morgan fingerprint density at radius 1 is 0.733 bits per heavy atom. The van der Waals surface area contributed by atoms with Crippen LogP contribution in [0.25, 0.3) is 0 Å². The standard InChI is InChI=1S/C25H35NO3S/c1-18(2)26(19(3)4)25(27)24-15-13-22(14-16-24)8-7-21-9-11-23(12-10-21)17-30(28,29)20(5)6/h9-16,18-20H,7-8,17H2,1-6H3. The molecule has 0 fully saturated rings. The van der Waals surface area contributed by atoms with Crippen LogP contribution in [0.4, 0.5) is 0 Å². The molecule has 4 nitrogen and oxygen atoms in total. The van der Waals surface area contributed by atoms with Crippen LogP contribution in [0.3, 0.4) is 0 Å². The Balaban J connectivity index is 1.98. The lowest BCUT2D eigenvalue weighted by Crippen LogP contribution is -2.42. The molecule has 164 valence electrons. The van der Waals surface area contributed by atoms with Gasteiger partial charge in [-0.25, -0.2) is 8.42 Å². The number of rotatable bonds is 9. The van der Waals surface area contributed by atoms with Gasteiger partial charge in [-0.1, -0.05) is 36.4 Å². The van der Waals surface area contributed by atoms with Gasteiger partial charge in [0.1, 0.15) is 0 Å². The topological polar surface area (TPSA) is 54.5 Å². The molecule has 2 rings (SSSR count). The smallest absolute Gasteiger partial charge is 0.254 e. The summed E-state index contributed by atoms with van der Waals surface area (Å²) in [6.45, 7) is 11.6. The number of hydrogen-bond donors (Lipinski definition) is 0. The highest BCUT2D eigenvalue weighted by Gasteiger charge is 2.21. The zero-order valence-corrected chi connectivity index (χ0v) is 19.9. The van der Waals surface area contributed by atoms with Crippen LogP contribution in [-0.2, 0) is 28.4 Å². The van der Waals surface area contributed by atoms with Gasteiger partial charge in [0.2, 0.25) is 0 Å². The number of benzene rings is 2. The van der Waals surface area contributed by atoms with E-state index >= 15 is 0 Å². The van der Waals surface area contributed by atoms with E-state index < -0.39 is 9.84 Å². The van der Waals surface area contributed by atoms with Crippen LogP contribution in [0, 0.1) is 0 Å². The van der Waals surface area contributed by atoms with E-state index in [1.807, 2.05) is 81.1 Å². The SMILES string of the molecule is CC(C)N(C(=O)c1ccc(CCc2ccc(CS(=O)(=O)C(C)C)cc2)cc1)C(C)C. The summed E-state index contributed by atoms with van der Waals surface area (Å²) in [5, 5.41) is -0.361. The normalized spacial score (nSPS) is 12.0. The van der Waals surface area contributed by atoms with Crippen molar-refractivity contribution < 1.29 is 13.2 Å². The molecule has 1 amide bonds. The van der Waals surface area contributed by atoms with Gasteiger partial charge in [-0.3, -0.25) is 4.79 Å². The van der Waals surface area contributed by atoms with E-state index in [1.165, 1.54) is 11.1 Å². The number of amides is 1. The van der Waals surface area contributed by atoms with Gasteiger partial charge in [0.25, 0.3) is 5.91 Å². The maximum absolute atomic E-state index is 12.8. The molecule has 0 aromatic heterocycles. The third kappa shape index (κ3) is 6.43. The van der Waals surface area contributed by atoms with Gasteiger partial charge < -0.3 is 4.90 Å². The third-order valence-corrected chi connectivity index (χ3v) is 7.53. The Hall–Kier alpha value is -2.14. The lowest BCUT2D eigenvalue weighted by molar-refractivity contribution is 0.0643. The molecular weight excluding hydrogens is 394 g/mol. The second kappa shape index (κ2) is 10.3. The second-order valence-corrected chi connectivity index (χ2v) is 11.3. The van der Waals surface area contributed by atoms with Crippen LogP contribution in [0.5, 0.6) is 0 Å². The molecule has 0 heterocycles. The predicted molar refractivity (Wildman–Crippen MR) is 124 cm³/mol. The average molecular weight is 430 g/mol. The molecule has 0 spiro atoms. The monoisotopic (exact) mass is 429 g/mol. The van der Waals surface area contributed by atoms with Crippen molar-refractivity contribution in [3.8, 4) is 0 Å². The van der Waals surface area contributed by atoms with Crippen molar-refractivity contribution in [2.45, 2.75) is 77.5 Å². The summed E-state index contributed by atoms with van der Waals surface area (Å²) in [5.74, 6) is 0.156. The molecule has 0 unspecified atom stereocenters. The van der Waals surface area contributed by atoms with Crippen LogP contribution in [0.15, 0.2) is 48.5 Å². The fourth-order valence-electron chi connectivity index (χ4n) is 3.52. The molecule has 5 heteroatoms.